The van der Waals surface area contributed by atoms with Gasteiger partial charge in [-0.05, 0) is 44.0 Å². The minimum Gasteiger partial charge on any atom is -0.355 e. The number of amides is 4. The Hall–Kier alpha value is -2.57. The van der Waals surface area contributed by atoms with Gasteiger partial charge in [0.25, 0.3) is 5.91 Å². The molecule has 1 unspecified atom stereocenters. The minimum absolute atomic E-state index is 0.149. The molecule has 0 aliphatic rings. The van der Waals surface area contributed by atoms with Gasteiger partial charge in [-0.3, -0.25) is 9.59 Å². The van der Waals surface area contributed by atoms with Crippen LogP contribution < -0.4 is 21.3 Å². The summed E-state index contributed by atoms with van der Waals surface area (Å²) in [6.07, 6.45) is 0. The number of nitrogens with one attached hydrogen (secondary N) is 4. The number of carbonyl (C=O) groups is 3. The van der Waals surface area contributed by atoms with Crippen molar-refractivity contribution in [1.82, 2.24) is 16.0 Å². The Bertz CT molecular complexity index is 570. The van der Waals surface area contributed by atoms with Crippen LogP contribution in [0.1, 0.15) is 38.1 Å². The zero-order valence-corrected chi connectivity index (χ0v) is 14.6. The van der Waals surface area contributed by atoms with Crippen molar-refractivity contribution >= 4 is 23.5 Å². The molecule has 0 aromatic heterocycles. The van der Waals surface area contributed by atoms with Crippen LogP contribution in [0.3, 0.4) is 0 Å². The smallest absolute Gasteiger partial charge is 0.319 e. The summed E-state index contributed by atoms with van der Waals surface area (Å²) in [5.74, 6) is -0.0140. The van der Waals surface area contributed by atoms with E-state index < -0.39 is 12.1 Å². The van der Waals surface area contributed by atoms with Gasteiger partial charge in [-0.15, -0.1) is 0 Å². The van der Waals surface area contributed by atoms with Gasteiger partial charge in [0.2, 0.25) is 5.91 Å². The molecule has 0 aliphatic carbocycles. The lowest BCUT2D eigenvalue weighted by atomic mass is 10.1. The minimum atomic E-state index is -0.633. The highest BCUT2D eigenvalue weighted by molar-refractivity contribution is 5.96. The molecule has 0 spiro atoms. The summed E-state index contributed by atoms with van der Waals surface area (Å²) in [7, 11) is 0. The Balaban J connectivity index is 2.53. The first-order valence-corrected chi connectivity index (χ1v) is 8.07. The van der Waals surface area contributed by atoms with Crippen LogP contribution in [0.2, 0.25) is 0 Å². The Morgan fingerprint density at radius 3 is 2.17 bits per heavy atom. The van der Waals surface area contributed by atoms with Crippen LogP contribution in [0, 0.1) is 5.92 Å². The molecule has 24 heavy (non-hydrogen) atoms. The molecule has 0 aliphatic heterocycles. The molecule has 0 bridgehead atoms. The number of likely N-dealkylation sites (N-methyl/N-ethyl adjacent to an activating group) is 1. The predicted octanol–water partition coefficient (Wildman–Crippen LogP) is 1.72. The summed E-state index contributed by atoms with van der Waals surface area (Å²) in [5, 5.41) is 10.6. The molecule has 4 amide bonds. The number of benzene rings is 1. The van der Waals surface area contributed by atoms with Gasteiger partial charge in [0.1, 0.15) is 6.04 Å². The van der Waals surface area contributed by atoms with Gasteiger partial charge in [0.05, 0.1) is 0 Å². The highest BCUT2D eigenvalue weighted by atomic mass is 16.2. The van der Waals surface area contributed by atoms with Crippen molar-refractivity contribution in [2.75, 3.05) is 18.4 Å². The monoisotopic (exact) mass is 334 g/mol. The van der Waals surface area contributed by atoms with Crippen LogP contribution in [-0.2, 0) is 4.79 Å². The van der Waals surface area contributed by atoms with Gasteiger partial charge < -0.3 is 21.3 Å². The average molecular weight is 334 g/mol. The van der Waals surface area contributed by atoms with Crippen LogP contribution in [0.25, 0.3) is 0 Å². The fourth-order valence-corrected chi connectivity index (χ4v) is 1.86. The van der Waals surface area contributed by atoms with Crippen LogP contribution in [0.5, 0.6) is 0 Å². The van der Waals surface area contributed by atoms with Gasteiger partial charge in [-0.25, -0.2) is 4.79 Å². The van der Waals surface area contributed by atoms with Crippen molar-refractivity contribution in [3.63, 3.8) is 0 Å². The molecule has 0 saturated carbocycles. The standard InChI is InChI=1S/C17H26N4O3/c1-5-18-15(22)12(4)20-17(24)21-14-8-6-13(7-9-14)16(23)19-10-11(2)3/h6-9,11-12H,5,10H2,1-4H3,(H,18,22)(H,19,23)(H2,20,21,24). The molecule has 1 rings (SSSR count). The van der Waals surface area contributed by atoms with E-state index in [9.17, 15) is 14.4 Å². The first-order chi connectivity index (χ1) is 11.3. The number of carbonyl (C=O) groups excluding carboxylic acids is 3. The van der Waals surface area contributed by atoms with E-state index >= 15 is 0 Å². The molecule has 0 fully saturated rings. The van der Waals surface area contributed by atoms with Crippen LogP contribution in [0.15, 0.2) is 24.3 Å². The van der Waals surface area contributed by atoms with E-state index in [4.69, 9.17) is 0 Å². The van der Waals surface area contributed by atoms with E-state index in [0.717, 1.165) is 0 Å². The summed E-state index contributed by atoms with van der Waals surface area (Å²) < 4.78 is 0. The lowest BCUT2D eigenvalue weighted by molar-refractivity contribution is -0.122. The fraction of sp³-hybridized carbons (Fsp3) is 0.471. The summed E-state index contributed by atoms with van der Waals surface area (Å²) in [4.78, 5) is 35.3. The van der Waals surface area contributed by atoms with Gasteiger partial charge >= 0.3 is 6.03 Å². The summed E-state index contributed by atoms with van der Waals surface area (Å²) in [6, 6.07) is 5.44. The molecule has 0 saturated heterocycles. The number of hydrogen-bond donors (Lipinski definition) is 4. The molecule has 0 heterocycles. The number of rotatable bonds is 7. The largest absolute Gasteiger partial charge is 0.355 e. The summed E-state index contributed by atoms with van der Waals surface area (Å²) in [6.45, 7) is 8.57. The van der Waals surface area contributed by atoms with Gasteiger partial charge in [-0.2, -0.15) is 0 Å². The molecule has 132 valence electrons. The normalized spacial score (nSPS) is 11.5. The third-order valence-electron chi connectivity index (χ3n) is 3.17. The zero-order chi connectivity index (χ0) is 18.1. The predicted molar refractivity (Wildman–Crippen MR) is 93.9 cm³/mol. The van der Waals surface area contributed by atoms with Crippen LogP contribution in [0.4, 0.5) is 10.5 Å². The Kier molecular flexibility index (Phi) is 7.74. The molecule has 7 nitrogen and oxygen atoms in total. The maximum atomic E-state index is 11.9. The third-order valence-corrected chi connectivity index (χ3v) is 3.17. The number of anilines is 1. The van der Waals surface area contributed by atoms with E-state index in [-0.39, 0.29) is 11.8 Å². The van der Waals surface area contributed by atoms with Crippen molar-refractivity contribution in [3.8, 4) is 0 Å². The molecule has 4 N–H and O–H groups in total. The maximum Gasteiger partial charge on any atom is 0.319 e. The van der Waals surface area contributed by atoms with Crippen LogP contribution in [-0.4, -0.2) is 37.0 Å². The Labute approximate surface area is 142 Å². The molecular weight excluding hydrogens is 308 g/mol. The van der Waals surface area contributed by atoms with Crippen molar-refractivity contribution in [1.29, 1.82) is 0 Å². The quantitative estimate of drug-likeness (QED) is 0.611. The fourth-order valence-electron chi connectivity index (χ4n) is 1.86. The molecule has 0 radical (unpaired) electrons. The van der Waals surface area contributed by atoms with Crippen LogP contribution >= 0.6 is 0 Å². The van der Waals surface area contributed by atoms with E-state index in [1.54, 1.807) is 31.2 Å². The number of urea groups is 1. The first kappa shape index (κ1) is 19.5. The maximum absolute atomic E-state index is 11.9. The second-order valence-electron chi connectivity index (χ2n) is 5.90. The van der Waals surface area contributed by atoms with Gasteiger partial charge in [-0.1, -0.05) is 13.8 Å². The van der Waals surface area contributed by atoms with Crippen molar-refractivity contribution < 1.29 is 14.4 Å². The average Bonchev–Trinajstić information content (AvgIpc) is 2.53. The topological polar surface area (TPSA) is 99.3 Å². The molecule has 1 aromatic carbocycles. The Morgan fingerprint density at radius 1 is 1.00 bits per heavy atom. The van der Waals surface area contributed by atoms with E-state index in [0.29, 0.717) is 30.3 Å². The van der Waals surface area contributed by atoms with E-state index in [1.165, 1.54) is 0 Å². The summed E-state index contributed by atoms with van der Waals surface area (Å²) in [5.41, 5.74) is 1.06. The van der Waals surface area contributed by atoms with Gasteiger partial charge in [0, 0.05) is 24.3 Å². The van der Waals surface area contributed by atoms with Crippen molar-refractivity contribution in [2.24, 2.45) is 5.92 Å². The molecule has 1 atom stereocenters. The SMILES string of the molecule is CCNC(=O)C(C)NC(=O)Nc1ccc(C(=O)NCC(C)C)cc1. The summed E-state index contributed by atoms with van der Waals surface area (Å²) >= 11 is 0. The lowest BCUT2D eigenvalue weighted by Gasteiger charge is -2.14. The third kappa shape index (κ3) is 6.68. The van der Waals surface area contributed by atoms with E-state index in [1.807, 2.05) is 20.8 Å². The number of hydrogen-bond acceptors (Lipinski definition) is 3. The van der Waals surface area contributed by atoms with Crippen molar-refractivity contribution in [3.05, 3.63) is 29.8 Å². The molecule has 7 heteroatoms. The van der Waals surface area contributed by atoms with E-state index in [2.05, 4.69) is 21.3 Å². The molecule has 1 aromatic rings. The van der Waals surface area contributed by atoms with Gasteiger partial charge in [0.15, 0.2) is 0 Å². The second-order valence-corrected chi connectivity index (χ2v) is 5.90. The van der Waals surface area contributed by atoms with Crippen molar-refractivity contribution in [2.45, 2.75) is 33.7 Å². The lowest BCUT2D eigenvalue weighted by Crippen LogP contribution is -2.46. The second kappa shape index (κ2) is 9.54. The highest BCUT2D eigenvalue weighted by Crippen LogP contribution is 2.09. The molecular formula is C17H26N4O3. The Morgan fingerprint density at radius 2 is 1.62 bits per heavy atom. The first-order valence-electron chi connectivity index (χ1n) is 8.07. The zero-order valence-electron chi connectivity index (χ0n) is 14.6. The highest BCUT2D eigenvalue weighted by Gasteiger charge is 2.14.